The van der Waals surface area contributed by atoms with Crippen LogP contribution in [0.2, 0.25) is 0 Å². The summed E-state index contributed by atoms with van der Waals surface area (Å²) in [5.41, 5.74) is 5.37. The second-order valence-corrected chi connectivity index (χ2v) is 2.88. The molecule has 4 heteroatoms. The molecule has 80 valence electrons. The summed E-state index contributed by atoms with van der Waals surface area (Å²) >= 11 is 0. The van der Waals surface area contributed by atoms with E-state index in [0.29, 0.717) is 19.8 Å². The third-order valence-corrected chi connectivity index (χ3v) is 1.60. The van der Waals surface area contributed by atoms with E-state index in [2.05, 4.69) is 0 Å². The quantitative estimate of drug-likeness (QED) is 0.536. The molecule has 0 bridgehead atoms. The van der Waals surface area contributed by atoms with Crippen LogP contribution in [0.5, 0.6) is 0 Å². The highest BCUT2D eigenvalue weighted by Gasteiger charge is 1.97. The van der Waals surface area contributed by atoms with Gasteiger partial charge in [-0.2, -0.15) is 0 Å². The third kappa shape index (κ3) is 9.76. The molecule has 0 spiro atoms. The van der Waals surface area contributed by atoms with E-state index in [-0.39, 0.29) is 6.10 Å². The van der Waals surface area contributed by atoms with Crippen molar-refractivity contribution in [1.82, 2.24) is 0 Å². The van der Waals surface area contributed by atoms with Crippen LogP contribution in [0.1, 0.15) is 13.3 Å². The van der Waals surface area contributed by atoms with Crippen LogP contribution < -0.4 is 5.73 Å². The van der Waals surface area contributed by atoms with Crippen molar-refractivity contribution in [3.63, 3.8) is 0 Å². The Morgan fingerprint density at radius 2 is 1.92 bits per heavy atom. The number of ether oxygens (including phenoxy) is 3. The van der Waals surface area contributed by atoms with E-state index in [0.717, 1.165) is 19.6 Å². The average molecular weight is 191 g/mol. The highest BCUT2D eigenvalue weighted by molar-refractivity contribution is 4.47. The van der Waals surface area contributed by atoms with Gasteiger partial charge in [0.15, 0.2) is 0 Å². The summed E-state index contributed by atoms with van der Waals surface area (Å²) in [7, 11) is 1.69. The standard InChI is InChI=1S/C9H21NO3/c1-9(8-10)13-7-6-12-5-3-4-11-2/h9H,3-8,10H2,1-2H3. The molecular formula is C9H21NO3. The molecule has 0 aliphatic carbocycles. The molecule has 0 radical (unpaired) electrons. The van der Waals surface area contributed by atoms with Gasteiger partial charge in [0.1, 0.15) is 0 Å². The van der Waals surface area contributed by atoms with Gasteiger partial charge < -0.3 is 19.9 Å². The Morgan fingerprint density at radius 1 is 1.15 bits per heavy atom. The second-order valence-electron chi connectivity index (χ2n) is 2.88. The summed E-state index contributed by atoms with van der Waals surface area (Å²) in [6.07, 6.45) is 1.06. The Kier molecular flexibility index (Phi) is 9.80. The van der Waals surface area contributed by atoms with Crippen molar-refractivity contribution < 1.29 is 14.2 Å². The lowest BCUT2D eigenvalue weighted by molar-refractivity contribution is 0.0117. The summed E-state index contributed by atoms with van der Waals surface area (Å²) < 4.78 is 15.5. The molecule has 0 fully saturated rings. The van der Waals surface area contributed by atoms with E-state index in [9.17, 15) is 0 Å². The first-order valence-electron chi connectivity index (χ1n) is 4.69. The Morgan fingerprint density at radius 3 is 2.54 bits per heavy atom. The maximum atomic E-state index is 5.37. The van der Waals surface area contributed by atoms with Crippen molar-refractivity contribution in [1.29, 1.82) is 0 Å². The molecule has 0 amide bonds. The van der Waals surface area contributed by atoms with Crippen molar-refractivity contribution >= 4 is 0 Å². The Hall–Kier alpha value is -0.160. The molecule has 0 rings (SSSR count). The predicted molar refractivity (Wildman–Crippen MR) is 51.8 cm³/mol. The fourth-order valence-corrected chi connectivity index (χ4v) is 0.784. The molecule has 0 aromatic rings. The highest BCUT2D eigenvalue weighted by Crippen LogP contribution is 1.88. The lowest BCUT2D eigenvalue weighted by Crippen LogP contribution is -2.22. The maximum Gasteiger partial charge on any atom is 0.0704 e. The first kappa shape index (κ1) is 12.8. The first-order valence-corrected chi connectivity index (χ1v) is 4.69. The van der Waals surface area contributed by atoms with E-state index in [1.807, 2.05) is 6.92 Å². The number of hydrogen-bond donors (Lipinski definition) is 1. The molecule has 0 saturated carbocycles. The van der Waals surface area contributed by atoms with E-state index in [4.69, 9.17) is 19.9 Å². The van der Waals surface area contributed by atoms with Crippen LogP contribution in [0, 0.1) is 0 Å². The van der Waals surface area contributed by atoms with Gasteiger partial charge in [-0.1, -0.05) is 0 Å². The summed E-state index contributed by atoms with van der Waals surface area (Å²) in [6, 6.07) is 0. The van der Waals surface area contributed by atoms with E-state index in [1.165, 1.54) is 0 Å². The summed E-state index contributed by atoms with van der Waals surface area (Å²) in [6.45, 7) is 5.24. The van der Waals surface area contributed by atoms with Gasteiger partial charge >= 0.3 is 0 Å². The number of methoxy groups -OCH3 is 1. The maximum absolute atomic E-state index is 5.37. The van der Waals surface area contributed by atoms with Crippen molar-refractivity contribution in [2.75, 3.05) is 40.1 Å². The fourth-order valence-electron chi connectivity index (χ4n) is 0.784. The Balaban J connectivity index is 2.91. The molecule has 13 heavy (non-hydrogen) atoms. The van der Waals surface area contributed by atoms with Crippen LogP contribution in [-0.2, 0) is 14.2 Å². The lowest BCUT2D eigenvalue weighted by Gasteiger charge is -2.10. The van der Waals surface area contributed by atoms with Crippen molar-refractivity contribution in [3.8, 4) is 0 Å². The van der Waals surface area contributed by atoms with Gasteiger partial charge in [0, 0.05) is 26.9 Å². The summed E-state index contributed by atoms with van der Waals surface area (Å²) in [4.78, 5) is 0. The summed E-state index contributed by atoms with van der Waals surface area (Å²) in [5.74, 6) is 0. The molecule has 4 nitrogen and oxygen atoms in total. The molecule has 2 N–H and O–H groups in total. The molecule has 0 aromatic carbocycles. The smallest absolute Gasteiger partial charge is 0.0704 e. The number of nitrogens with two attached hydrogens (primary N) is 1. The van der Waals surface area contributed by atoms with Crippen LogP contribution >= 0.6 is 0 Å². The molecule has 0 heterocycles. The molecular weight excluding hydrogens is 170 g/mol. The number of hydrogen-bond acceptors (Lipinski definition) is 4. The monoisotopic (exact) mass is 191 g/mol. The van der Waals surface area contributed by atoms with Gasteiger partial charge in [0.2, 0.25) is 0 Å². The van der Waals surface area contributed by atoms with Crippen LogP contribution in [0.25, 0.3) is 0 Å². The van der Waals surface area contributed by atoms with E-state index >= 15 is 0 Å². The van der Waals surface area contributed by atoms with Gasteiger partial charge in [-0.3, -0.25) is 0 Å². The Labute approximate surface area is 80.3 Å². The zero-order valence-electron chi connectivity index (χ0n) is 8.62. The largest absolute Gasteiger partial charge is 0.385 e. The number of rotatable bonds is 9. The van der Waals surface area contributed by atoms with Gasteiger partial charge in [0.05, 0.1) is 19.3 Å². The van der Waals surface area contributed by atoms with Gasteiger partial charge in [-0.05, 0) is 13.3 Å². The average Bonchev–Trinajstić information content (AvgIpc) is 2.16. The lowest BCUT2D eigenvalue weighted by atomic mass is 10.4. The van der Waals surface area contributed by atoms with Crippen molar-refractivity contribution in [2.45, 2.75) is 19.4 Å². The van der Waals surface area contributed by atoms with E-state index in [1.54, 1.807) is 7.11 Å². The van der Waals surface area contributed by atoms with Crippen LogP contribution in [-0.4, -0.2) is 46.2 Å². The zero-order chi connectivity index (χ0) is 9.94. The molecule has 1 unspecified atom stereocenters. The Bertz CT molecular complexity index is 101. The van der Waals surface area contributed by atoms with E-state index < -0.39 is 0 Å². The molecule has 0 aliphatic heterocycles. The van der Waals surface area contributed by atoms with Crippen molar-refractivity contribution in [2.24, 2.45) is 5.73 Å². The third-order valence-electron chi connectivity index (χ3n) is 1.60. The van der Waals surface area contributed by atoms with Gasteiger partial charge in [0.25, 0.3) is 0 Å². The first-order chi connectivity index (χ1) is 6.31. The normalized spacial score (nSPS) is 13.2. The molecule has 0 aliphatic rings. The minimum Gasteiger partial charge on any atom is -0.385 e. The predicted octanol–water partition coefficient (Wildman–Crippen LogP) is 0.403. The van der Waals surface area contributed by atoms with Crippen LogP contribution in [0.4, 0.5) is 0 Å². The SMILES string of the molecule is COCCCOCCOC(C)CN. The molecule has 1 atom stereocenters. The fraction of sp³-hybridized carbons (Fsp3) is 1.00. The topological polar surface area (TPSA) is 53.7 Å². The van der Waals surface area contributed by atoms with Gasteiger partial charge in [-0.15, -0.1) is 0 Å². The van der Waals surface area contributed by atoms with Crippen LogP contribution in [0.3, 0.4) is 0 Å². The van der Waals surface area contributed by atoms with Crippen molar-refractivity contribution in [3.05, 3.63) is 0 Å². The molecule has 0 saturated heterocycles. The van der Waals surface area contributed by atoms with Crippen LogP contribution in [0.15, 0.2) is 0 Å². The zero-order valence-corrected chi connectivity index (χ0v) is 8.62. The minimum absolute atomic E-state index is 0.127. The summed E-state index contributed by atoms with van der Waals surface area (Å²) in [5, 5.41) is 0. The second kappa shape index (κ2) is 9.92. The van der Waals surface area contributed by atoms with Gasteiger partial charge in [-0.25, -0.2) is 0 Å². The highest BCUT2D eigenvalue weighted by atomic mass is 16.5. The minimum atomic E-state index is 0.127. The molecule has 0 aromatic heterocycles.